The van der Waals surface area contributed by atoms with E-state index in [4.69, 9.17) is 0 Å². The van der Waals surface area contributed by atoms with Crippen molar-refractivity contribution in [2.24, 2.45) is 0 Å². The molecule has 3 radical (unpaired) electrons. The fourth-order valence-corrected chi connectivity index (χ4v) is 2.70. The van der Waals surface area contributed by atoms with Crippen LogP contribution in [-0.2, 0) is 26.2 Å². The van der Waals surface area contributed by atoms with Crippen LogP contribution in [0.25, 0.3) is 21.9 Å². The smallest absolute Gasteiger partial charge is 1.00 e. The Bertz CT molecular complexity index is 603. The van der Waals surface area contributed by atoms with Gasteiger partial charge in [-0.3, -0.25) is 0 Å². The van der Waals surface area contributed by atoms with Gasteiger partial charge in [0.2, 0.25) is 0 Å². The van der Waals surface area contributed by atoms with Gasteiger partial charge in [-0.15, -0.1) is 34.5 Å². The number of hydrogen-bond donors (Lipinski definition) is 0. The molecule has 0 aromatic heterocycles. The molecule has 119 valence electrons. The van der Waals surface area contributed by atoms with Crippen LogP contribution in [0.2, 0.25) is 12.1 Å². The minimum atomic E-state index is 0. The maximum atomic E-state index is 2.24. The molecule has 0 aliphatic heterocycles. The number of rotatable bonds is 3. The maximum absolute atomic E-state index is 2.24. The molecular weight excluding hydrogens is 418 g/mol. The fraction of sp³-hybridized carbons (Fsp3) is 0.211. The van der Waals surface area contributed by atoms with E-state index >= 15 is 0 Å². The zero-order chi connectivity index (χ0) is 14.2. The number of fused-ring (bicyclic) bond motifs is 1. The summed E-state index contributed by atoms with van der Waals surface area (Å²) >= 11 is 0. The van der Waals surface area contributed by atoms with E-state index < -0.39 is 0 Å². The number of benzene rings is 2. The second-order valence-corrected chi connectivity index (χ2v) is 6.61. The van der Waals surface area contributed by atoms with Gasteiger partial charge in [-0.05, 0) is 0 Å². The van der Waals surface area contributed by atoms with Crippen LogP contribution in [-0.4, -0.2) is 9.52 Å². The van der Waals surface area contributed by atoms with E-state index in [0.29, 0.717) is 0 Å². The summed E-state index contributed by atoms with van der Waals surface area (Å²) in [7, 11) is 1.20. The second kappa shape index (κ2) is 14.1. The summed E-state index contributed by atoms with van der Waals surface area (Å²) in [6.07, 6.45) is 0. The zero-order valence-electron chi connectivity index (χ0n) is 13.5. The predicted octanol–water partition coefficient (Wildman–Crippen LogP) is -0.202. The Morgan fingerprint density at radius 3 is 1.91 bits per heavy atom. The molecule has 0 aliphatic rings. The van der Waals surface area contributed by atoms with Crippen molar-refractivity contribution < 1.29 is 51.0 Å². The SMILES string of the molecule is CC[Si]CC.[Cl-].[Cl-].[Zr+3].c1ccc(-c2cc3ccccc3[cH-]2)cc1. The van der Waals surface area contributed by atoms with Crippen molar-refractivity contribution in [3.8, 4) is 11.1 Å². The first-order chi connectivity index (χ1) is 9.85. The Morgan fingerprint density at radius 1 is 0.826 bits per heavy atom. The summed E-state index contributed by atoms with van der Waals surface area (Å²) in [6, 6.07) is 26.2. The third-order valence-electron chi connectivity index (χ3n) is 3.23. The van der Waals surface area contributed by atoms with Gasteiger partial charge in [-0.1, -0.05) is 80.0 Å². The van der Waals surface area contributed by atoms with Gasteiger partial charge in [0.25, 0.3) is 0 Å². The van der Waals surface area contributed by atoms with Crippen LogP contribution in [0.1, 0.15) is 13.8 Å². The normalized spacial score (nSPS) is 8.78. The van der Waals surface area contributed by atoms with E-state index in [9.17, 15) is 0 Å². The first-order valence-corrected chi connectivity index (χ1v) is 8.68. The molecule has 0 N–H and O–H groups in total. The van der Waals surface area contributed by atoms with Crippen LogP contribution in [0.4, 0.5) is 0 Å². The molecular formula is C19H21Cl2SiZr. The molecule has 0 unspecified atom stereocenters. The van der Waals surface area contributed by atoms with E-state index in [1.165, 1.54) is 43.5 Å². The summed E-state index contributed by atoms with van der Waals surface area (Å²) in [5, 5.41) is 2.63. The number of hydrogen-bond acceptors (Lipinski definition) is 0. The van der Waals surface area contributed by atoms with E-state index in [0.717, 1.165) is 0 Å². The first kappa shape index (κ1) is 25.0. The van der Waals surface area contributed by atoms with Gasteiger partial charge >= 0.3 is 26.2 Å². The Labute approximate surface area is 174 Å². The largest absolute Gasteiger partial charge is 3.00 e. The van der Waals surface area contributed by atoms with Crippen LogP contribution in [0.5, 0.6) is 0 Å². The van der Waals surface area contributed by atoms with Crippen molar-refractivity contribution >= 4 is 20.3 Å². The van der Waals surface area contributed by atoms with Gasteiger partial charge in [0.05, 0.1) is 0 Å². The Balaban J connectivity index is 0. The van der Waals surface area contributed by atoms with Gasteiger partial charge < -0.3 is 24.8 Å². The molecule has 23 heavy (non-hydrogen) atoms. The molecule has 0 saturated carbocycles. The molecule has 3 aromatic rings. The molecule has 0 saturated heterocycles. The molecule has 4 heteroatoms. The van der Waals surface area contributed by atoms with E-state index in [1.807, 2.05) is 6.07 Å². The molecule has 0 amide bonds. The standard InChI is InChI=1S/C15H11.C4H10Si.2ClH.Zr/c1-2-6-12(7-3-1)15-10-13-8-4-5-9-14(13)11-15;1-3-5-4-2;;;/h1-11H;3-4H2,1-2H3;2*1H;/q-1;;;;+3/p-2. The summed E-state index contributed by atoms with van der Waals surface area (Å²) in [6.45, 7) is 4.45. The summed E-state index contributed by atoms with van der Waals surface area (Å²) in [5.74, 6) is 0. The summed E-state index contributed by atoms with van der Waals surface area (Å²) in [5.41, 5.74) is 2.59. The van der Waals surface area contributed by atoms with Crippen LogP contribution in [0.3, 0.4) is 0 Å². The maximum Gasteiger partial charge on any atom is 3.00 e. The molecule has 0 heterocycles. The monoisotopic (exact) mass is 437 g/mol. The minimum absolute atomic E-state index is 0. The van der Waals surface area contributed by atoms with Gasteiger partial charge in [-0.25, -0.2) is 0 Å². The third-order valence-corrected chi connectivity index (χ3v) is 4.23. The molecule has 3 rings (SSSR count). The molecule has 0 aliphatic carbocycles. The van der Waals surface area contributed by atoms with Crippen molar-refractivity contribution in [2.75, 3.05) is 0 Å². The fourth-order valence-electron chi connectivity index (χ4n) is 2.20. The minimum Gasteiger partial charge on any atom is -1.00 e. The second-order valence-electron chi connectivity index (χ2n) is 4.70. The zero-order valence-corrected chi connectivity index (χ0v) is 18.5. The molecule has 0 atom stereocenters. The molecule has 0 nitrogen and oxygen atoms in total. The molecule has 3 aromatic carbocycles. The van der Waals surface area contributed by atoms with Crippen molar-refractivity contribution in [3.63, 3.8) is 0 Å². The molecule has 0 fully saturated rings. The van der Waals surface area contributed by atoms with Gasteiger partial charge in [-0.2, -0.15) is 0 Å². The average Bonchev–Trinajstić information content (AvgIpc) is 2.94. The Kier molecular flexibility index (Phi) is 15.3. The predicted molar refractivity (Wildman–Crippen MR) is 91.7 cm³/mol. The Hall–Kier alpha value is -0.270. The van der Waals surface area contributed by atoms with Gasteiger partial charge in [0.15, 0.2) is 0 Å². The van der Waals surface area contributed by atoms with Gasteiger partial charge in [0, 0.05) is 9.52 Å². The van der Waals surface area contributed by atoms with Crippen LogP contribution < -0.4 is 24.8 Å². The summed E-state index contributed by atoms with van der Waals surface area (Å²) in [4.78, 5) is 0. The topological polar surface area (TPSA) is 0 Å². The van der Waals surface area contributed by atoms with E-state index in [1.54, 1.807) is 0 Å². The summed E-state index contributed by atoms with van der Waals surface area (Å²) < 4.78 is 0. The van der Waals surface area contributed by atoms with Gasteiger partial charge in [0.1, 0.15) is 0 Å². The van der Waals surface area contributed by atoms with Crippen molar-refractivity contribution in [3.05, 3.63) is 66.7 Å². The van der Waals surface area contributed by atoms with Crippen molar-refractivity contribution in [2.45, 2.75) is 25.9 Å². The third kappa shape index (κ3) is 7.90. The Morgan fingerprint density at radius 2 is 1.39 bits per heavy atom. The first-order valence-electron chi connectivity index (χ1n) is 7.26. The quantitative estimate of drug-likeness (QED) is 0.392. The average molecular weight is 440 g/mol. The molecule has 0 spiro atoms. The van der Waals surface area contributed by atoms with Crippen molar-refractivity contribution in [1.82, 2.24) is 0 Å². The van der Waals surface area contributed by atoms with Crippen LogP contribution in [0.15, 0.2) is 66.7 Å². The van der Waals surface area contributed by atoms with E-state index in [2.05, 4.69) is 74.5 Å². The number of halogens is 2. The molecule has 0 bridgehead atoms. The van der Waals surface area contributed by atoms with Crippen LogP contribution >= 0.6 is 0 Å². The van der Waals surface area contributed by atoms with Crippen LogP contribution in [0, 0.1) is 0 Å². The van der Waals surface area contributed by atoms with Crippen molar-refractivity contribution in [1.29, 1.82) is 0 Å². The van der Waals surface area contributed by atoms with E-state index in [-0.39, 0.29) is 51.0 Å².